The van der Waals surface area contributed by atoms with Crippen molar-refractivity contribution >= 4 is 57.2 Å². The number of hydrogen-bond acceptors (Lipinski definition) is 2. The van der Waals surface area contributed by atoms with Gasteiger partial charge < -0.3 is 9.80 Å². The van der Waals surface area contributed by atoms with Gasteiger partial charge in [0.15, 0.2) is 0 Å². The quantitative estimate of drug-likeness (QED) is 0.175. The summed E-state index contributed by atoms with van der Waals surface area (Å²) in [4.78, 5) is 5.08. The number of fused-ring (bicyclic) bond motifs is 4. The number of benzene rings is 7. The third-order valence-electron chi connectivity index (χ3n) is 10.5. The highest BCUT2D eigenvalue weighted by Crippen LogP contribution is 2.46. The first-order chi connectivity index (χ1) is 24.1. The molecule has 234 valence electrons. The molecule has 2 nitrogen and oxygen atoms in total. The van der Waals surface area contributed by atoms with E-state index in [1.807, 2.05) is 0 Å². The van der Waals surface area contributed by atoms with E-state index in [-0.39, 0.29) is 6.71 Å². The van der Waals surface area contributed by atoms with E-state index < -0.39 is 0 Å². The van der Waals surface area contributed by atoms with Crippen molar-refractivity contribution in [2.24, 2.45) is 0 Å². The molecule has 0 radical (unpaired) electrons. The Kier molecular flexibility index (Phi) is 7.02. The molecule has 0 spiro atoms. The predicted molar refractivity (Wildman–Crippen MR) is 210 cm³/mol. The van der Waals surface area contributed by atoms with E-state index in [0.29, 0.717) is 0 Å². The molecule has 2 aliphatic rings. The van der Waals surface area contributed by atoms with Crippen molar-refractivity contribution in [3.63, 3.8) is 0 Å². The second kappa shape index (κ2) is 11.7. The monoisotopic (exact) mass is 628 g/mol. The molecule has 2 aliphatic heterocycles. The van der Waals surface area contributed by atoms with Crippen molar-refractivity contribution in [3.05, 3.63) is 174 Å². The number of hydrogen-bond donors (Lipinski definition) is 0. The van der Waals surface area contributed by atoms with Gasteiger partial charge in [-0.1, -0.05) is 128 Å². The Bertz CT molecular complexity index is 2360. The van der Waals surface area contributed by atoms with Crippen LogP contribution in [-0.2, 0) is 6.42 Å². The van der Waals surface area contributed by atoms with Gasteiger partial charge >= 0.3 is 0 Å². The smallest absolute Gasteiger partial charge is 0.252 e. The molecule has 0 N–H and O–H groups in total. The summed E-state index contributed by atoms with van der Waals surface area (Å²) >= 11 is 0. The van der Waals surface area contributed by atoms with Gasteiger partial charge in [0, 0.05) is 34.1 Å². The van der Waals surface area contributed by atoms with Gasteiger partial charge in [0.1, 0.15) is 0 Å². The molecule has 0 atom stereocenters. The lowest BCUT2D eigenvalue weighted by Crippen LogP contribution is -2.61. The van der Waals surface area contributed by atoms with Gasteiger partial charge in [0.25, 0.3) is 6.71 Å². The lowest BCUT2D eigenvalue weighted by molar-refractivity contribution is 1.12. The SMILES string of the molecule is CCc1cc2c3c(c1)N(c1ccccc1C)c1cc(-c4ccccc4)ccc1B3c1cc(-c3ccccc3)ccc1N2c1ccccc1C. The lowest BCUT2D eigenvalue weighted by atomic mass is 9.33. The summed E-state index contributed by atoms with van der Waals surface area (Å²) in [6, 6.07) is 58.4. The first-order valence-electron chi connectivity index (χ1n) is 17.4. The molecule has 0 aromatic heterocycles. The van der Waals surface area contributed by atoms with Crippen LogP contribution in [0, 0.1) is 13.8 Å². The average molecular weight is 629 g/mol. The summed E-state index contributed by atoms with van der Waals surface area (Å²) in [6.45, 7) is 6.81. The van der Waals surface area contributed by atoms with Crippen molar-refractivity contribution in [1.82, 2.24) is 0 Å². The van der Waals surface area contributed by atoms with Gasteiger partial charge in [-0.2, -0.15) is 0 Å². The predicted octanol–water partition coefficient (Wildman–Crippen LogP) is 10.3. The van der Waals surface area contributed by atoms with Crippen molar-refractivity contribution < 1.29 is 0 Å². The maximum atomic E-state index is 2.55. The van der Waals surface area contributed by atoms with Crippen molar-refractivity contribution in [1.29, 1.82) is 0 Å². The van der Waals surface area contributed by atoms with Gasteiger partial charge in [-0.3, -0.25) is 0 Å². The normalized spacial score (nSPS) is 12.8. The zero-order chi connectivity index (χ0) is 33.1. The summed E-state index contributed by atoms with van der Waals surface area (Å²) in [5.74, 6) is 0. The fraction of sp³-hybridized carbons (Fsp3) is 0.0870. The highest BCUT2D eigenvalue weighted by atomic mass is 15.2. The van der Waals surface area contributed by atoms with E-state index in [4.69, 9.17) is 0 Å². The van der Waals surface area contributed by atoms with Crippen molar-refractivity contribution in [2.75, 3.05) is 9.80 Å². The Morgan fingerprint density at radius 3 is 1.49 bits per heavy atom. The number of nitrogens with zero attached hydrogens (tertiary/aromatic N) is 2. The second-order valence-electron chi connectivity index (χ2n) is 13.4. The Morgan fingerprint density at radius 2 is 0.918 bits per heavy atom. The van der Waals surface area contributed by atoms with Crippen LogP contribution in [0.3, 0.4) is 0 Å². The molecule has 49 heavy (non-hydrogen) atoms. The minimum absolute atomic E-state index is 0.0647. The topological polar surface area (TPSA) is 6.48 Å². The number of rotatable bonds is 5. The fourth-order valence-electron chi connectivity index (χ4n) is 8.03. The molecule has 0 fully saturated rings. The largest absolute Gasteiger partial charge is 0.311 e. The highest BCUT2D eigenvalue weighted by Gasteiger charge is 2.44. The second-order valence-corrected chi connectivity index (χ2v) is 13.4. The Morgan fingerprint density at radius 1 is 0.408 bits per heavy atom. The van der Waals surface area contributed by atoms with Gasteiger partial charge in [0.2, 0.25) is 0 Å². The maximum Gasteiger partial charge on any atom is 0.252 e. The molecule has 0 aliphatic carbocycles. The van der Waals surface area contributed by atoms with E-state index >= 15 is 0 Å². The molecule has 3 heteroatoms. The Hall–Kier alpha value is -5.80. The van der Waals surface area contributed by atoms with Crippen LogP contribution in [0.5, 0.6) is 0 Å². The van der Waals surface area contributed by atoms with Crippen LogP contribution in [-0.4, -0.2) is 6.71 Å². The number of para-hydroxylation sites is 2. The van der Waals surface area contributed by atoms with Crippen LogP contribution >= 0.6 is 0 Å². The first kappa shape index (κ1) is 29.4. The van der Waals surface area contributed by atoms with E-state index in [1.165, 1.54) is 89.5 Å². The fourth-order valence-corrected chi connectivity index (χ4v) is 8.03. The van der Waals surface area contributed by atoms with E-state index in [0.717, 1.165) is 6.42 Å². The van der Waals surface area contributed by atoms with Crippen LogP contribution in [0.15, 0.2) is 158 Å². The van der Waals surface area contributed by atoms with Crippen LogP contribution in [0.1, 0.15) is 23.6 Å². The van der Waals surface area contributed by atoms with Crippen molar-refractivity contribution in [2.45, 2.75) is 27.2 Å². The van der Waals surface area contributed by atoms with Gasteiger partial charge in [-0.15, -0.1) is 0 Å². The average Bonchev–Trinajstić information content (AvgIpc) is 3.15. The van der Waals surface area contributed by atoms with Crippen LogP contribution < -0.4 is 26.2 Å². The molecular weight excluding hydrogens is 591 g/mol. The number of aryl methyl sites for hydroxylation is 3. The van der Waals surface area contributed by atoms with E-state index in [9.17, 15) is 0 Å². The minimum Gasteiger partial charge on any atom is -0.311 e. The van der Waals surface area contributed by atoms with Crippen LogP contribution in [0.2, 0.25) is 0 Å². The lowest BCUT2D eigenvalue weighted by Gasteiger charge is -2.45. The molecular formula is C46H37BN2. The summed E-state index contributed by atoms with van der Waals surface area (Å²) < 4.78 is 0. The molecule has 7 aromatic rings. The molecule has 0 saturated carbocycles. The van der Waals surface area contributed by atoms with Gasteiger partial charge in [0.05, 0.1) is 0 Å². The zero-order valence-electron chi connectivity index (χ0n) is 28.2. The number of anilines is 6. The van der Waals surface area contributed by atoms with Gasteiger partial charge in [-0.05, 0) is 112 Å². The summed E-state index contributed by atoms with van der Waals surface area (Å²) in [5.41, 5.74) is 20.3. The molecule has 0 unspecified atom stereocenters. The van der Waals surface area contributed by atoms with E-state index in [2.05, 4.69) is 188 Å². The molecule has 0 saturated heterocycles. The Balaban J connectivity index is 1.40. The van der Waals surface area contributed by atoms with Crippen LogP contribution in [0.4, 0.5) is 34.1 Å². The molecule has 0 bridgehead atoms. The van der Waals surface area contributed by atoms with Crippen molar-refractivity contribution in [3.8, 4) is 22.3 Å². The summed E-state index contributed by atoms with van der Waals surface area (Å²) in [6.07, 6.45) is 0.949. The summed E-state index contributed by atoms with van der Waals surface area (Å²) in [7, 11) is 0. The summed E-state index contributed by atoms with van der Waals surface area (Å²) in [5, 5.41) is 0. The molecule has 9 rings (SSSR count). The van der Waals surface area contributed by atoms with Gasteiger partial charge in [-0.25, -0.2) is 0 Å². The maximum absolute atomic E-state index is 2.55. The Labute approximate surface area is 290 Å². The molecule has 2 heterocycles. The standard InChI is InChI=1S/C46H37BN2/c1-4-33-27-44-46-45(28-33)49(41-22-14-12-16-32(41)3)43-30-37(35-19-9-6-10-20-35)23-25-38(43)47(46)39-29-36(34-17-7-5-8-18-34)24-26-42(39)48(44)40-21-13-11-15-31(40)2/h5-30H,4H2,1-3H3. The van der Waals surface area contributed by atoms with E-state index in [1.54, 1.807) is 0 Å². The minimum atomic E-state index is 0.0647. The molecule has 7 aromatic carbocycles. The zero-order valence-corrected chi connectivity index (χ0v) is 28.2. The third-order valence-corrected chi connectivity index (χ3v) is 10.5. The van der Waals surface area contributed by atoms with Crippen LogP contribution in [0.25, 0.3) is 22.3 Å². The highest BCUT2D eigenvalue weighted by molar-refractivity contribution is 7.00. The third kappa shape index (κ3) is 4.72. The first-order valence-corrected chi connectivity index (χ1v) is 17.4. The molecule has 0 amide bonds.